The van der Waals surface area contributed by atoms with Gasteiger partial charge in [-0.25, -0.2) is 9.59 Å². The van der Waals surface area contributed by atoms with E-state index in [2.05, 4.69) is 10.6 Å². The number of hydrogen-bond acceptors (Lipinski definition) is 8. The summed E-state index contributed by atoms with van der Waals surface area (Å²) in [7, 11) is 1.20. The van der Waals surface area contributed by atoms with Crippen molar-refractivity contribution in [2.75, 3.05) is 7.11 Å². The molecule has 0 fully saturated rings. The quantitative estimate of drug-likeness (QED) is 0.344. The van der Waals surface area contributed by atoms with Crippen LogP contribution in [0.5, 0.6) is 0 Å². The van der Waals surface area contributed by atoms with E-state index >= 15 is 0 Å². The SMILES string of the molecule is COC(=O)[C@@H](NC(=O)[C@H](CCC(=O)OC(C)(C)C)NC(=O)OCc1ccccc1)[C@H](C)OC(C)(C)C. The number of methoxy groups -OCH3 is 1. The lowest BCUT2D eigenvalue weighted by Crippen LogP contribution is -2.56. The van der Waals surface area contributed by atoms with Crippen molar-refractivity contribution in [2.45, 2.75) is 97.3 Å². The Hall–Kier alpha value is -3.14. The summed E-state index contributed by atoms with van der Waals surface area (Å²) in [5.41, 5.74) is -0.528. The van der Waals surface area contributed by atoms with Crippen LogP contribution in [0.4, 0.5) is 4.79 Å². The molecule has 0 aliphatic heterocycles. The second-order valence-electron chi connectivity index (χ2n) is 10.3. The minimum atomic E-state index is -1.19. The van der Waals surface area contributed by atoms with Gasteiger partial charge in [0.1, 0.15) is 18.2 Å². The van der Waals surface area contributed by atoms with E-state index in [4.69, 9.17) is 18.9 Å². The third kappa shape index (κ3) is 12.5. The Morgan fingerprint density at radius 1 is 0.917 bits per heavy atom. The Labute approximate surface area is 213 Å². The lowest BCUT2D eigenvalue weighted by atomic mass is 10.1. The van der Waals surface area contributed by atoms with Gasteiger partial charge in [0.05, 0.1) is 18.8 Å². The second kappa shape index (κ2) is 13.8. The Balaban J connectivity index is 2.97. The molecule has 0 bridgehead atoms. The molecule has 0 unspecified atom stereocenters. The van der Waals surface area contributed by atoms with E-state index in [9.17, 15) is 19.2 Å². The molecule has 0 saturated carbocycles. The van der Waals surface area contributed by atoms with Crippen molar-refractivity contribution >= 4 is 23.9 Å². The Morgan fingerprint density at radius 3 is 2.06 bits per heavy atom. The summed E-state index contributed by atoms with van der Waals surface area (Å²) in [6.45, 7) is 12.2. The van der Waals surface area contributed by atoms with Crippen molar-refractivity contribution in [3.63, 3.8) is 0 Å². The highest BCUT2D eigenvalue weighted by atomic mass is 16.6. The summed E-state index contributed by atoms with van der Waals surface area (Å²) < 4.78 is 21.2. The van der Waals surface area contributed by atoms with Gasteiger partial charge in [0, 0.05) is 6.42 Å². The van der Waals surface area contributed by atoms with E-state index in [1.165, 1.54) is 7.11 Å². The van der Waals surface area contributed by atoms with Gasteiger partial charge in [0.2, 0.25) is 5.91 Å². The average molecular weight is 509 g/mol. The van der Waals surface area contributed by atoms with Crippen molar-refractivity contribution in [1.29, 1.82) is 0 Å². The van der Waals surface area contributed by atoms with Gasteiger partial charge in [0.25, 0.3) is 0 Å². The number of nitrogens with one attached hydrogen (secondary N) is 2. The van der Waals surface area contributed by atoms with Crippen molar-refractivity contribution in [1.82, 2.24) is 10.6 Å². The third-order valence-corrected chi connectivity index (χ3v) is 4.64. The van der Waals surface area contributed by atoms with Crippen molar-refractivity contribution in [3.05, 3.63) is 35.9 Å². The van der Waals surface area contributed by atoms with Crippen LogP contribution < -0.4 is 10.6 Å². The van der Waals surface area contributed by atoms with Gasteiger partial charge < -0.3 is 29.6 Å². The Bertz CT molecular complexity index is 874. The van der Waals surface area contributed by atoms with Crippen LogP contribution in [0.25, 0.3) is 0 Å². The number of amides is 2. The Kier molecular flexibility index (Phi) is 11.9. The zero-order valence-corrected chi connectivity index (χ0v) is 22.5. The maximum atomic E-state index is 13.2. The first-order valence-electron chi connectivity index (χ1n) is 11.9. The summed E-state index contributed by atoms with van der Waals surface area (Å²) in [5, 5.41) is 5.06. The maximum absolute atomic E-state index is 13.2. The summed E-state index contributed by atoms with van der Waals surface area (Å²) in [4.78, 5) is 50.2. The van der Waals surface area contributed by atoms with Crippen molar-refractivity contribution in [2.24, 2.45) is 0 Å². The molecule has 1 rings (SSSR count). The summed E-state index contributed by atoms with van der Waals surface area (Å²) >= 11 is 0. The van der Waals surface area contributed by atoms with Gasteiger partial charge in [0.15, 0.2) is 6.04 Å². The fourth-order valence-electron chi connectivity index (χ4n) is 3.21. The molecule has 0 saturated heterocycles. The van der Waals surface area contributed by atoms with E-state index < -0.39 is 53.3 Å². The summed E-state index contributed by atoms with van der Waals surface area (Å²) in [6.07, 6.45) is -1.82. The molecule has 0 spiro atoms. The van der Waals surface area contributed by atoms with E-state index in [1.54, 1.807) is 39.8 Å². The van der Waals surface area contributed by atoms with Gasteiger partial charge in [-0.2, -0.15) is 0 Å². The fraction of sp³-hybridized carbons (Fsp3) is 0.615. The molecule has 2 N–H and O–H groups in total. The minimum absolute atomic E-state index is 0.00563. The molecular weight excluding hydrogens is 468 g/mol. The first kappa shape index (κ1) is 30.9. The summed E-state index contributed by atoms with van der Waals surface area (Å²) in [5.74, 6) is -1.94. The van der Waals surface area contributed by atoms with E-state index in [1.807, 2.05) is 39.0 Å². The zero-order chi connectivity index (χ0) is 27.5. The Morgan fingerprint density at radius 2 is 1.53 bits per heavy atom. The van der Waals surface area contributed by atoms with Crippen LogP contribution in [0.3, 0.4) is 0 Å². The van der Waals surface area contributed by atoms with Gasteiger partial charge in [-0.1, -0.05) is 30.3 Å². The van der Waals surface area contributed by atoms with Gasteiger partial charge in [-0.15, -0.1) is 0 Å². The molecule has 36 heavy (non-hydrogen) atoms. The molecule has 0 heterocycles. The molecule has 0 aliphatic carbocycles. The van der Waals surface area contributed by atoms with Crippen molar-refractivity contribution in [3.8, 4) is 0 Å². The number of benzene rings is 1. The van der Waals surface area contributed by atoms with Crippen LogP contribution in [0.2, 0.25) is 0 Å². The highest BCUT2D eigenvalue weighted by molar-refractivity contribution is 5.90. The lowest BCUT2D eigenvalue weighted by Gasteiger charge is -2.31. The highest BCUT2D eigenvalue weighted by Crippen LogP contribution is 2.15. The lowest BCUT2D eigenvalue weighted by molar-refractivity contribution is -0.156. The molecule has 0 aromatic heterocycles. The number of esters is 2. The molecule has 10 heteroatoms. The van der Waals surface area contributed by atoms with Gasteiger partial charge in [-0.3, -0.25) is 9.59 Å². The first-order valence-corrected chi connectivity index (χ1v) is 11.9. The van der Waals surface area contributed by atoms with E-state index in [0.29, 0.717) is 0 Å². The molecule has 202 valence electrons. The number of carbonyl (C=O) groups excluding carboxylic acids is 4. The second-order valence-corrected chi connectivity index (χ2v) is 10.3. The van der Waals surface area contributed by atoms with Crippen LogP contribution in [0.15, 0.2) is 30.3 Å². The van der Waals surface area contributed by atoms with Crippen LogP contribution in [0, 0.1) is 0 Å². The number of carbonyl (C=O) groups is 4. The predicted molar refractivity (Wildman–Crippen MR) is 133 cm³/mol. The molecule has 10 nitrogen and oxygen atoms in total. The molecule has 3 atom stereocenters. The number of hydrogen-bond donors (Lipinski definition) is 2. The average Bonchev–Trinajstić information content (AvgIpc) is 2.76. The first-order chi connectivity index (χ1) is 16.6. The largest absolute Gasteiger partial charge is 0.467 e. The molecule has 0 aliphatic rings. The van der Waals surface area contributed by atoms with Crippen LogP contribution in [-0.2, 0) is 39.9 Å². The minimum Gasteiger partial charge on any atom is -0.467 e. The van der Waals surface area contributed by atoms with Crippen LogP contribution >= 0.6 is 0 Å². The molecule has 1 aromatic carbocycles. The van der Waals surface area contributed by atoms with Gasteiger partial charge >= 0.3 is 18.0 Å². The number of alkyl carbamates (subject to hydrolysis) is 1. The topological polar surface area (TPSA) is 129 Å². The van der Waals surface area contributed by atoms with Crippen LogP contribution in [0.1, 0.15) is 66.9 Å². The standard InChI is InChI=1S/C26H40N2O8/c1-17(35-25(2,3)4)21(23(31)33-8)28-22(30)19(14-15-20(29)36-26(5,6)7)27-24(32)34-16-18-12-10-9-11-13-18/h9-13,17,19,21H,14-16H2,1-8H3,(H,27,32)(H,28,30)/t17-,19-,21-/m0/s1. The maximum Gasteiger partial charge on any atom is 0.408 e. The predicted octanol–water partition coefficient (Wildman–Crippen LogP) is 3.26. The van der Waals surface area contributed by atoms with Gasteiger partial charge in [-0.05, 0) is 60.5 Å². The fourth-order valence-corrected chi connectivity index (χ4v) is 3.21. The third-order valence-electron chi connectivity index (χ3n) is 4.64. The highest BCUT2D eigenvalue weighted by Gasteiger charge is 2.34. The molecule has 2 amide bonds. The summed E-state index contributed by atoms with van der Waals surface area (Å²) in [6, 6.07) is 6.70. The van der Waals surface area contributed by atoms with E-state index in [0.717, 1.165) is 5.56 Å². The molecular formula is C26H40N2O8. The normalized spacial score (nSPS) is 14.1. The van der Waals surface area contributed by atoms with Crippen molar-refractivity contribution < 1.29 is 38.1 Å². The molecule has 1 aromatic rings. The number of ether oxygens (including phenoxy) is 4. The van der Waals surface area contributed by atoms with Crippen LogP contribution in [-0.4, -0.2) is 60.4 Å². The molecule has 0 radical (unpaired) electrons. The monoisotopic (exact) mass is 508 g/mol. The number of rotatable bonds is 11. The van der Waals surface area contributed by atoms with E-state index in [-0.39, 0.29) is 19.4 Å². The zero-order valence-electron chi connectivity index (χ0n) is 22.5. The smallest absolute Gasteiger partial charge is 0.408 e.